The van der Waals surface area contributed by atoms with Crippen molar-refractivity contribution in [1.82, 2.24) is 0 Å². The first-order valence-electron chi connectivity index (χ1n) is 6.75. The summed E-state index contributed by atoms with van der Waals surface area (Å²) >= 11 is 0. The highest BCUT2D eigenvalue weighted by atomic mass is 16.5. The number of ether oxygens (including phenoxy) is 1. The Hall–Kier alpha value is -1.83. The largest absolute Gasteiger partial charge is 0.395 e. The minimum absolute atomic E-state index is 0.0674. The monoisotopic (exact) mass is 275 g/mol. The molecule has 1 aromatic rings. The van der Waals surface area contributed by atoms with Gasteiger partial charge in [-0.05, 0) is 37.1 Å². The number of hydrogen-bond acceptors (Lipinski definition) is 3. The van der Waals surface area contributed by atoms with Gasteiger partial charge in [-0.15, -0.1) is 0 Å². The van der Waals surface area contributed by atoms with Gasteiger partial charge in [0.1, 0.15) is 6.61 Å². The molecule has 4 nitrogen and oxygen atoms in total. The number of aliphatic hydroxyl groups is 1. The Balaban J connectivity index is 2.59. The normalized spacial score (nSPS) is 9.75. The van der Waals surface area contributed by atoms with E-state index in [-0.39, 0.29) is 19.1 Å². The Kier molecular flexibility index (Phi) is 7.41. The van der Waals surface area contributed by atoms with E-state index in [1.165, 1.54) is 0 Å². The van der Waals surface area contributed by atoms with Gasteiger partial charge < -0.3 is 15.2 Å². The summed E-state index contributed by atoms with van der Waals surface area (Å²) in [6.07, 6.45) is 1.36. The van der Waals surface area contributed by atoms with Crippen LogP contribution < -0.4 is 5.32 Å². The van der Waals surface area contributed by atoms with Crippen LogP contribution in [0.15, 0.2) is 18.2 Å². The molecular formula is C16H21NO3. The molecule has 0 aromatic heterocycles. The molecule has 1 amide bonds. The minimum atomic E-state index is -0.156. The van der Waals surface area contributed by atoms with Crippen molar-refractivity contribution in [2.75, 3.05) is 25.1 Å². The van der Waals surface area contributed by atoms with Crippen molar-refractivity contribution >= 4 is 11.6 Å². The molecule has 0 aliphatic heterocycles. The third-order valence-corrected chi connectivity index (χ3v) is 2.55. The smallest absolute Gasteiger partial charge is 0.250 e. The predicted octanol–water partition coefficient (Wildman–Crippen LogP) is 2.09. The molecule has 1 aromatic carbocycles. The fourth-order valence-electron chi connectivity index (χ4n) is 1.60. The molecule has 0 atom stereocenters. The maximum absolute atomic E-state index is 11.6. The molecule has 0 saturated carbocycles. The summed E-state index contributed by atoms with van der Waals surface area (Å²) in [4.78, 5) is 11.6. The van der Waals surface area contributed by atoms with Gasteiger partial charge in [-0.2, -0.15) is 0 Å². The number of anilines is 1. The van der Waals surface area contributed by atoms with E-state index < -0.39 is 0 Å². The molecular weight excluding hydrogens is 254 g/mol. The minimum Gasteiger partial charge on any atom is -0.395 e. The van der Waals surface area contributed by atoms with E-state index in [1.54, 1.807) is 0 Å². The predicted molar refractivity (Wildman–Crippen MR) is 79.5 cm³/mol. The van der Waals surface area contributed by atoms with E-state index >= 15 is 0 Å². The molecule has 20 heavy (non-hydrogen) atoms. The van der Waals surface area contributed by atoms with E-state index in [1.807, 2.05) is 32.0 Å². The molecule has 0 radical (unpaired) electrons. The fraction of sp³-hybridized carbons (Fsp3) is 0.438. The van der Waals surface area contributed by atoms with Gasteiger partial charge in [0.25, 0.3) is 0 Å². The summed E-state index contributed by atoms with van der Waals surface area (Å²) in [6, 6.07) is 5.55. The summed E-state index contributed by atoms with van der Waals surface area (Å²) in [5.41, 5.74) is 2.63. The number of aliphatic hydroxyl groups excluding tert-OH is 1. The summed E-state index contributed by atoms with van der Waals surface area (Å²) in [6.45, 7) is 4.67. The number of carbonyl (C=O) groups excluding carboxylic acids is 1. The number of rotatable bonds is 6. The van der Waals surface area contributed by atoms with Gasteiger partial charge in [0.05, 0.1) is 6.61 Å². The van der Waals surface area contributed by atoms with Crippen LogP contribution in [0.25, 0.3) is 0 Å². The van der Waals surface area contributed by atoms with Crippen LogP contribution in [0, 0.1) is 18.8 Å². The van der Waals surface area contributed by atoms with Gasteiger partial charge in [-0.3, -0.25) is 4.79 Å². The Morgan fingerprint density at radius 1 is 1.45 bits per heavy atom. The molecule has 1 rings (SSSR count). The third kappa shape index (κ3) is 5.87. The number of benzene rings is 1. The molecule has 0 unspecified atom stereocenters. The second kappa shape index (κ2) is 9.13. The molecule has 4 heteroatoms. The van der Waals surface area contributed by atoms with Crippen LogP contribution in [-0.2, 0) is 9.53 Å². The van der Waals surface area contributed by atoms with Crippen LogP contribution in [0.4, 0.5) is 5.69 Å². The Morgan fingerprint density at radius 3 is 2.90 bits per heavy atom. The zero-order valence-electron chi connectivity index (χ0n) is 12.0. The molecule has 0 aliphatic rings. The number of carbonyl (C=O) groups is 1. The molecule has 0 bridgehead atoms. The lowest BCUT2D eigenvalue weighted by Gasteiger charge is -2.07. The number of amides is 1. The van der Waals surface area contributed by atoms with Crippen LogP contribution >= 0.6 is 0 Å². The van der Waals surface area contributed by atoms with Crippen LogP contribution in [-0.4, -0.2) is 30.8 Å². The van der Waals surface area contributed by atoms with Crippen LogP contribution in [0.2, 0.25) is 0 Å². The fourth-order valence-corrected chi connectivity index (χ4v) is 1.60. The molecule has 0 fully saturated rings. The second-order valence-corrected chi connectivity index (χ2v) is 4.41. The van der Waals surface area contributed by atoms with Gasteiger partial charge in [0, 0.05) is 24.3 Å². The van der Waals surface area contributed by atoms with Gasteiger partial charge in [0.15, 0.2) is 0 Å². The van der Waals surface area contributed by atoms with Crippen molar-refractivity contribution in [3.05, 3.63) is 29.3 Å². The molecule has 2 N–H and O–H groups in total. The molecule has 0 spiro atoms. The van der Waals surface area contributed by atoms with Crippen molar-refractivity contribution in [2.45, 2.75) is 26.7 Å². The lowest BCUT2D eigenvalue weighted by Crippen LogP contribution is -2.18. The van der Waals surface area contributed by atoms with Crippen LogP contribution in [0.3, 0.4) is 0 Å². The van der Waals surface area contributed by atoms with Crippen molar-refractivity contribution in [3.8, 4) is 11.8 Å². The highest BCUT2D eigenvalue weighted by molar-refractivity contribution is 5.91. The van der Waals surface area contributed by atoms with Crippen molar-refractivity contribution < 1.29 is 14.6 Å². The molecule has 0 aliphatic carbocycles. The van der Waals surface area contributed by atoms with Crippen LogP contribution in [0.5, 0.6) is 0 Å². The first-order chi connectivity index (χ1) is 9.67. The Bertz CT molecular complexity index is 500. The first-order valence-corrected chi connectivity index (χ1v) is 6.75. The van der Waals surface area contributed by atoms with Gasteiger partial charge in [-0.25, -0.2) is 0 Å². The third-order valence-electron chi connectivity index (χ3n) is 2.55. The van der Waals surface area contributed by atoms with E-state index in [0.29, 0.717) is 13.0 Å². The van der Waals surface area contributed by atoms with Gasteiger partial charge >= 0.3 is 0 Å². The second-order valence-electron chi connectivity index (χ2n) is 4.41. The SMILES string of the molecule is CCCOCC(=O)Nc1ccc(C#CCCO)c(C)c1. The summed E-state index contributed by atoms with van der Waals surface area (Å²) in [7, 11) is 0. The van der Waals surface area contributed by atoms with E-state index in [0.717, 1.165) is 23.2 Å². The van der Waals surface area contributed by atoms with E-state index in [9.17, 15) is 4.79 Å². The molecule has 0 saturated heterocycles. The average Bonchev–Trinajstić information content (AvgIpc) is 2.42. The van der Waals surface area contributed by atoms with Gasteiger partial charge in [0.2, 0.25) is 5.91 Å². The highest BCUT2D eigenvalue weighted by Crippen LogP contribution is 2.14. The maximum atomic E-state index is 11.6. The van der Waals surface area contributed by atoms with Crippen molar-refractivity contribution in [1.29, 1.82) is 0 Å². The Morgan fingerprint density at radius 2 is 2.25 bits per heavy atom. The van der Waals surface area contributed by atoms with Crippen LogP contribution in [0.1, 0.15) is 30.9 Å². The average molecular weight is 275 g/mol. The molecule has 108 valence electrons. The van der Waals surface area contributed by atoms with Crippen molar-refractivity contribution in [3.63, 3.8) is 0 Å². The summed E-state index contributed by atoms with van der Waals surface area (Å²) in [5, 5.41) is 11.5. The zero-order valence-corrected chi connectivity index (χ0v) is 12.0. The van der Waals surface area contributed by atoms with Gasteiger partial charge in [-0.1, -0.05) is 18.8 Å². The lowest BCUT2D eigenvalue weighted by atomic mass is 10.1. The number of aryl methyl sites for hydroxylation is 1. The zero-order chi connectivity index (χ0) is 14.8. The quantitative estimate of drug-likeness (QED) is 0.617. The van der Waals surface area contributed by atoms with Crippen molar-refractivity contribution in [2.24, 2.45) is 0 Å². The van der Waals surface area contributed by atoms with E-state index in [2.05, 4.69) is 17.2 Å². The number of nitrogens with one attached hydrogen (secondary N) is 1. The van der Waals surface area contributed by atoms with E-state index in [4.69, 9.17) is 9.84 Å². The topological polar surface area (TPSA) is 58.6 Å². The summed E-state index contributed by atoms with van der Waals surface area (Å²) in [5.74, 6) is 5.71. The highest BCUT2D eigenvalue weighted by Gasteiger charge is 2.03. The maximum Gasteiger partial charge on any atom is 0.250 e. The first kappa shape index (κ1) is 16.2. The lowest BCUT2D eigenvalue weighted by molar-refractivity contribution is -0.120. The molecule has 0 heterocycles. The summed E-state index contributed by atoms with van der Waals surface area (Å²) < 4.78 is 5.18. The Labute approximate surface area is 120 Å². The standard InChI is InChI=1S/C16H21NO3/c1-3-10-20-12-16(19)17-15-8-7-14(13(2)11-15)6-4-5-9-18/h7-8,11,18H,3,5,9-10,12H2,1-2H3,(H,17,19). The number of hydrogen-bond donors (Lipinski definition) is 2.